The van der Waals surface area contributed by atoms with Crippen molar-refractivity contribution in [1.29, 1.82) is 0 Å². The predicted octanol–water partition coefficient (Wildman–Crippen LogP) is 3.73. The molecule has 0 aliphatic heterocycles. The Kier molecular flexibility index (Phi) is 6.15. The fourth-order valence-corrected chi connectivity index (χ4v) is 4.02. The molecule has 0 atom stereocenters. The van der Waals surface area contributed by atoms with Gasteiger partial charge in [-0.25, -0.2) is 4.98 Å². The van der Waals surface area contributed by atoms with E-state index in [4.69, 9.17) is 21.9 Å². The average Bonchev–Trinajstić information content (AvgIpc) is 3.21. The van der Waals surface area contributed by atoms with Gasteiger partial charge in [0.1, 0.15) is 17.0 Å². The summed E-state index contributed by atoms with van der Waals surface area (Å²) in [5, 5.41) is 9.48. The maximum atomic E-state index is 12.8. The minimum Gasteiger partial charge on any atom is -0.369 e. The van der Waals surface area contributed by atoms with E-state index in [1.165, 1.54) is 23.1 Å². The van der Waals surface area contributed by atoms with Crippen LogP contribution in [0.5, 0.6) is 0 Å². The second-order valence-electron chi connectivity index (χ2n) is 5.50. The van der Waals surface area contributed by atoms with Gasteiger partial charge in [0.05, 0.1) is 16.5 Å². The van der Waals surface area contributed by atoms with Crippen LogP contribution in [0.25, 0.3) is 11.3 Å². The number of anilines is 1. The Hall–Kier alpha value is -2.36. The molecular formula is C17H15ClN4O3S2. The molecule has 2 heterocycles. The molecule has 140 valence electrons. The second-order valence-corrected chi connectivity index (χ2v) is 7.75. The van der Waals surface area contributed by atoms with Crippen LogP contribution in [-0.2, 0) is 10.5 Å². The number of halogens is 1. The summed E-state index contributed by atoms with van der Waals surface area (Å²) in [4.78, 5) is 27.9. The summed E-state index contributed by atoms with van der Waals surface area (Å²) in [5.74, 6) is 0.386. The third kappa shape index (κ3) is 4.68. The largest absolute Gasteiger partial charge is 0.369 e. The molecule has 0 unspecified atom stereocenters. The lowest BCUT2D eigenvalue weighted by Gasteiger charge is -2.04. The number of carbonyl (C=O) groups excluding carboxylic acids is 2. The van der Waals surface area contributed by atoms with Crippen LogP contribution >= 0.6 is 34.7 Å². The van der Waals surface area contributed by atoms with E-state index in [1.54, 1.807) is 25.1 Å². The fourth-order valence-electron chi connectivity index (χ4n) is 2.32. The van der Waals surface area contributed by atoms with E-state index in [1.807, 2.05) is 11.4 Å². The normalized spacial score (nSPS) is 10.7. The van der Waals surface area contributed by atoms with E-state index in [-0.39, 0.29) is 17.6 Å². The van der Waals surface area contributed by atoms with Crippen LogP contribution in [0.4, 0.5) is 5.13 Å². The maximum absolute atomic E-state index is 12.8. The van der Waals surface area contributed by atoms with Crippen LogP contribution in [0, 0.1) is 6.92 Å². The van der Waals surface area contributed by atoms with Crippen LogP contribution in [0.1, 0.15) is 21.8 Å². The molecule has 3 rings (SSSR count). The summed E-state index contributed by atoms with van der Waals surface area (Å²) in [6.45, 7) is 1.66. The molecule has 10 heteroatoms. The number of nitrogens with zero attached hydrogens (tertiary/aromatic N) is 2. The van der Waals surface area contributed by atoms with Crippen LogP contribution in [0.15, 0.2) is 34.2 Å². The molecule has 3 aromatic rings. The number of carbonyl (C=O) groups is 2. The highest BCUT2D eigenvalue weighted by atomic mass is 35.5. The first kappa shape index (κ1) is 19.4. The van der Waals surface area contributed by atoms with Gasteiger partial charge in [0, 0.05) is 16.7 Å². The highest BCUT2D eigenvalue weighted by molar-refractivity contribution is 7.99. The van der Waals surface area contributed by atoms with Gasteiger partial charge in [-0.05, 0) is 13.0 Å². The lowest BCUT2D eigenvalue weighted by Crippen LogP contribution is -2.14. The second kappa shape index (κ2) is 8.55. The Labute approximate surface area is 168 Å². The molecule has 0 spiro atoms. The Bertz CT molecular complexity index is 986. The number of primary amides is 1. The SMILES string of the molecule is Cc1onc(-c2ccccc2Cl)c1C(=O)Nc1nc(CSCC(N)=O)cs1. The molecule has 0 radical (unpaired) electrons. The van der Waals surface area contributed by atoms with Gasteiger partial charge >= 0.3 is 0 Å². The van der Waals surface area contributed by atoms with Crippen molar-refractivity contribution in [3.05, 3.63) is 51.7 Å². The van der Waals surface area contributed by atoms with Gasteiger partial charge in [0.2, 0.25) is 5.91 Å². The molecule has 27 heavy (non-hydrogen) atoms. The summed E-state index contributed by atoms with van der Waals surface area (Å²) in [5.41, 5.74) is 7.17. The average molecular weight is 423 g/mol. The molecule has 2 aromatic heterocycles. The number of thioether (sulfide) groups is 1. The Morgan fingerprint density at radius 2 is 2.15 bits per heavy atom. The smallest absolute Gasteiger partial charge is 0.263 e. The van der Waals surface area contributed by atoms with E-state index >= 15 is 0 Å². The maximum Gasteiger partial charge on any atom is 0.263 e. The number of thiazole rings is 1. The molecule has 0 bridgehead atoms. The molecule has 2 amide bonds. The standard InChI is InChI=1S/C17H15ClN4O3S2/c1-9-14(15(22-25-9)11-4-2-3-5-12(11)18)16(24)21-17-20-10(7-27-17)6-26-8-13(19)23/h2-5,7H,6,8H2,1H3,(H2,19,23)(H,20,21,24). The molecule has 1 aromatic carbocycles. The topological polar surface area (TPSA) is 111 Å². The lowest BCUT2D eigenvalue weighted by molar-refractivity contribution is -0.115. The summed E-state index contributed by atoms with van der Waals surface area (Å²) >= 11 is 8.88. The van der Waals surface area contributed by atoms with Gasteiger partial charge in [0.15, 0.2) is 5.13 Å². The zero-order chi connectivity index (χ0) is 19.4. The number of nitrogens with two attached hydrogens (primary N) is 1. The van der Waals surface area contributed by atoms with Gasteiger partial charge in [-0.2, -0.15) is 0 Å². The van der Waals surface area contributed by atoms with Crippen LogP contribution in [-0.4, -0.2) is 27.7 Å². The van der Waals surface area contributed by atoms with Crippen molar-refractivity contribution in [1.82, 2.24) is 10.1 Å². The zero-order valence-electron chi connectivity index (χ0n) is 14.2. The number of benzene rings is 1. The summed E-state index contributed by atoms with van der Waals surface area (Å²) in [6, 6.07) is 7.10. The van der Waals surface area contributed by atoms with E-state index < -0.39 is 0 Å². The first-order valence-corrected chi connectivity index (χ1v) is 10.2. The molecular weight excluding hydrogens is 408 g/mol. The molecule has 0 saturated carbocycles. The minimum atomic E-state index is -0.380. The van der Waals surface area contributed by atoms with Gasteiger partial charge < -0.3 is 10.3 Å². The van der Waals surface area contributed by atoms with E-state index in [0.717, 1.165) is 5.69 Å². The minimum absolute atomic E-state index is 0.223. The highest BCUT2D eigenvalue weighted by Crippen LogP contribution is 2.31. The van der Waals surface area contributed by atoms with Gasteiger partial charge in [-0.1, -0.05) is 35.0 Å². The van der Waals surface area contributed by atoms with Crippen molar-refractivity contribution in [2.45, 2.75) is 12.7 Å². The molecule has 0 aliphatic rings. The fraction of sp³-hybridized carbons (Fsp3) is 0.176. The Morgan fingerprint density at radius 1 is 1.37 bits per heavy atom. The van der Waals surface area contributed by atoms with Crippen molar-refractivity contribution in [2.75, 3.05) is 11.1 Å². The van der Waals surface area contributed by atoms with Crippen molar-refractivity contribution in [2.24, 2.45) is 5.73 Å². The number of nitrogens with one attached hydrogen (secondary N) is 1. The number of rotatable bonds is 7. The summed E-state index contributed by atoms with van der Waals surface area (Å²) in [7, 11) is 0. The number of hydrogen-bond acceptors (Lipinski definition) is 7. The zero-order valence-corrected chi connectivity index (χ0v) is 16.6. The van der Waals surface area contributed by atoms with Crippen molar-refractivity contribution >= 4 is 51.6 Å². The van der Waals surface area contributed by atoms with Crippen molar-refractivity contribution in [3.63, 3.8) is 0 Å². The Morgan fingerprint density at radius 3 is 2.89 bits per heavy atom. The predicted molar refractivity (Wildman–Crippen MR) is 107 cm³/mol. The van der Waals surface area contributed by atoms with Gasteiger partial charge in [-0.3, -0.25) is 14.9 Å². The summed E-state index contributed by atoms with van der Waals surface area (Å²) in [6.07, 6.45) is 0. The molecule has 0 fully saturated rings. The van der Waals surface area contributed by atoms with Crippen LogP contribution < -0.4 is 11.1 Å². The number of amides is 2. The third-order valence-electron chi connectivity index (χ3n) is 3.49. The van der Waals surface area contributed by atoms with Crippen LogP contribution in [0.2, 0.25) is 5.02 Å². The number of hydrogen-bond donors (Lipinski definition) is 2. The van der Waals surface area contributed by atoms with Gasteiger partial charge in [-0.15, -0.1) is 23.1 Å². The van der Waals surface area contributed by atoms with E-state index in [9.17, 15) is 9.59 Å². The molecule has 7 nitrogen and oxygen atoms in total. The van der Waals surface area contributed by atoms with E-state index in [0.29, 0.717) is 38.5 Å². The first-order chi connectivity index (χ1) is 13.0. The summed E-state index contributed by atoms with van der Waals surface area (Å²) < 4.78 is 5.21. The van der Waals surface area contributed by atoms with E-state index in [2.05, 4.69) is 15.5 Å². The number of aromatic nitrogens is 2. The third-order valence-corrected chi connectivity index (χ3v) is 5.61. The number of aryl methyl sites for hydroxylation is 1. The first-order valence-electron chi connectivity index (χ1n) is 7.78. The monoisotopic (exact) mass is 422 g/mol. The molecule has 0 saturated heterocycles. The quantitative estimate of drug-likeness (QED) is 0.600. The Balaban J connectivity index is 1.76. The van der Waals surface area contributed by atoms with Crippen molar-refractivity contribution < 1.29 is 14.1 Å². The molecule has 3 N–H and O–H groups in total. The lowest BCUT2D eigenvalue weighted by atomic mass is 10.1. The molecule has 0 aliphatic carbocycles. The van der Waals surface area contributed by atoms with Gasteiger partial charge in [0.25, 0.3) is 5.91 Å². The van der Waals surface area contributed by atoms with Crippen molar-refractivity contribution in [3.8, 4) is 11.3 Å². The van der Waals surface area contributed by atoms with Crippen LogP contribution in [0.3, 0.4) is 0 Å². The highest BCUT2D eigenvalue weighted by Gasteiger charge is 2.23.